The van der Waals surface area contributed by atoms with Gasteiger partial charge in [0.05, 0.1) is 7.11 Å². The highest BCUT2D eigenvalue weighted by molar-refractivity contribution is 5.72. The lowest BCUT2D eigenvalue weighted by Gasteiger charge is -1.90. The Balaban J connectivity index is 2.65. The van der Waals surface area contributed by atoms with Crippen LogP contribution < -0.4 is 0 Å². The molecule has 4 heteroatoms. The fourth-order valence-corrected chi connectivity index (χ4v) is 0.825. The highest BCUT2D eigenvalue weighted by Crippen LogP contribution is 1.97. The van der Waals surface area contributed by atoms with Crippen LogP contribution in [0.1, 0.15) is 17.7 Å². The zero-order chi connectivity index (χ0) is 11.1. The second kappa shape index (κ2) is 5.41. The van der Waals surface area contributed by atoms with Crippen molar-refractivity contribution < 1.29 is 9.53 Å². The Morgan fingerprint density at radius 2 is 2.40 bits per heavy atom. The summed E-state index contributed by atoms with van der Waals surface area (Å²) in [5.74, 6) is 5.01. The van der Waals surface area contributed by atoms with Crippen molar-refractivity contribution in [2.24, 2.45) is 0 Å². The number of carbonyl (C=O) groups is 1. The summed E-state index contributed by atoms with van der Waals surface area (Å²) < 4.78 is 4.42. The van der Waals surface area contributed by atoms with Gasteiger partial charge >= 0.3 is 5.97 Å². The summed E-state index contributed by atoms with van der Waals surface area (Å²) in [4.78, 5) is 14.6. The van der Waals surface area contributed by atoms with Gasteiger partial charge in [-0.3, -0.25) is 4.79 Å². The van der Waals surface area contributed by atoms with Gasteiger partial charge in [0.1, 0.15) is 18.2 Å². The average molecular weight is 200 g/mol. The molecule has 0 saturated heterocycles. The Morgan fingerprint density at radius 1 is 1.60 bits per heavy atom. The molecule has 0 unspecified atom stereocenters. The molecule has 0 amide bonds. The summed E-state index contributed by atoms with van der Waals surface area (Å²) in [6.07, 6.45) is 1.54. The van der Waals surface area contributed by atoms with Crippen molar-refractivity contribution >= 4 is 5.97 Å². The van der Waals surface area contributed by atoms with Crippen LogP contribution in [0.25, 0.3) is 0 Å². The van der Waals surface area contributed by atoms with Crippen LogP contribution in [0.15, 0.2) is 18.3 Å². The van der Waals surface area contributed by atoms with Crippen molar-refractivity contribution in [3.63, 3.8) is 0 Å². The quantitative estimate of drug-likeness (QED) is 0.498. The summed E-state index contributed by atoms with van der Waals surface area (Å²) in [5, 5.41) is 8.50. The van der Waals surface area contributed by atoms with E-state index in [1.807, 2.05) is 6.07 Å². The molecule has 0 aliphatic rings. The van der Waals surface area contributed by atoms with Crippen molar-refractivity contribution in [3.05, 3.63) is 29.6 Å². The number of pyridine rings is 1. The van der Waals surface area contributed by atoms with E-state index in [-0.39, 0.29) is 12.4 Å². The summed E-state index contributed by atoms with van der Waals surface area (Å²) in [7, 11) is 1.31. The molecule has 0 aliphatic carbocycles. The SMILES string of the molecule is COC(=O)CC#Cc1ccc(C#N)nc1. The molecule has 15 heavy (non-hydrogen) atoms. The van der Waals surface area contributed by atoms with Crippen LogP contribution in [0.2, 0.25) is 0 Å². The Labute approximate surface area is 87.5 Å². The third kappa shape index (κ3) is 3.50. The van der Waals surface area contributed by atoms with Gasteiger partial charge in [-0.05, 0) is 12.1 Å². The number of methoxy groups -OCH3 is 1. The topological polar surface area (TPSA) is 63.0 Å². The lowest BCUT2D eigenvalue weighted by atomic mass is 10.2. The number of aromatic nitrogens is 1. The van der Waals surface area contributed by atoms with E-state index in [1.165, 1.54) is 13.3 Å². The van der Waals surface area contributed by atoms with Gasteiger partial charge < -0.3 is 4.74 Å². The minimum atomic E-state index is -0.371. The molecule has 0 aliphatic heterocycles. The maximum absolute atomic E-state index is 10.7. The van der Waals surface area contributed by atoms with Gasteiger partial charge in [0.15, 0.2) is 0 Å². The smallest absolute Gasteiger partial charge is 0.317 e. The minimum absolute atomic E-state index is 0.0521. The van der Waals surface area contributed by atoms with Crippen LogP contribution in [-0.4, -0.2) is 18.1 Å². The molecule has 0 aromatic carbocycles. The first-order valence-electron chi connectivity index (χ1n) is 4.18. The highest BCUT2D eigenvalue weighted by atomic mass is 16.5. The lowest BCUT2D eigenvalue weighted by Crippen LogP contribution is -1.97. The molecule has 1 aromatic rings. The summed E-state index contributed by atoms with van der Waals surface area (Å²) in [6.45, 7) is 0. The maximum Gasteiger partial charge on any atom is 0.317 e. The van der Waals surface area contributed by atoms with E-state index in [4.69, 9.17) is 5.26 Å². The number of hydrogen-bond donors (Lipinski definition) is 0. The molecule has 1 aromatic heterocycles. The molecule has 0 radical (unpaired) electrons. The van der Waals surface area contributed by atoms with E-state index in [2.05, 4.69) is 21.6 Å². The van der Waals surface area contributed by atoms with Gasteiger partial charge in [-0.1, -0.05) is 11.8 Å². The lowest BCUT2D eigenvalue weighted by molar-refractivity contribution is -0.139. The molecule has 1 rings (SSSR count). The number of hydrogen-bond acceptors (Lipinski definition) is 4. The van der Waals surface area contributed by atoms with Crippen LogP contribution in [0.3, 0.4) is 0 Å². The second-order valence-corrected chi connectivity index (χ2v) is 2.60. The Hall–Kier alpha value is -2.33. The molecular formula is C11H8N2O2. The van der Waals surface area contributed by atoms with Crippen LogP contribution in [0.4, 0.5) is 0 Å². The summed E-state index contributed by atoms with van der Waals surface area (Å²) in [6, 6.07) is 5.15. The zero-order valence-corrected chi connectivity index (χ0v) is 8.15. The number of nitriles is 1. The summed E-state index contributed by atoms with van der Waals surface area (Å²) in [5.41, 5.74) is 1.01. The van der Waals surface area contributed by atoms with E-state index < -0.39 is 0 Å². The predicted octanol–water partition coefficient (Wildman–Crippen LogP) is 0.868. The van der Waals surface area contributed by atoms with Crippen molar-refractivity contribution in [3.8, 4) is 17.9 Å². The largest absolute Gasteiger partial charge is 0.468 e. The molecule has 4 nitrogen and oxygen atoms in total. The number of rotatable bonds is 1. The van der Waals surface area contributed by atoms with Gasteiger partial charge in [-0.15, -0.1) is 0 Å². The van der Waals surface area contributed by atoms with Crippen LogP contribution in [0.5, 0.6) is 0 Å². The average Bonchev–Trinajstić information content (AvgIpc) is 2.29. The number of nitrogens with zero attached hydrogens (tertiary/aromatic N) is 2. The normalized spacial score (nSPS) is 8.27. The van der Waals surface area contributed by atoms with Gasteiger partial charge in [0.2, 0.25) is 0 Å². The van der Waals surface area contributed by atoms with Gasteiger partial charge in [0.25, 0.3) is 0 Å². The molecule has 74 valence electrons. The molecule has 0 N–H and O–H groups in total. The molecule has 0 atom stereocenters. The summed E-state index contributed by atoms with van der Waals surface area (Å²) >= 11 is 0. The first-order valence-corrected chi connectivity index (χ1v) is 4.18. The van der Waals surface area contributed by atoms with Crippen molar-refractivity contribution in [2.45, 2.75) is 6.42 Å². The van der Waals surface area contributed by atoms with E-state index in [0.717, 1.165) is 0 Å². The number of ether oxygens (including phenoxy) is 1. The van der Waals surface area contributed by atoms with Crippen LogP contribution in [0, 0.1) is 23.2 Å². The van der Waals surface area contributed by atoms with Crippen molar-refractivity contribution in [1.82, 2.24) is 4.98 Å². The minimum Gasteiger partial charge on any atom is -0.468 e. The zero-order valence-electron chi connectivity index (χ0n) is 8.15. The van der Waals surface area contributed by atoms with E-state index in [9.17, 15) is 4.79 Å². The van der Waals surface area contributed by atoms with E-state index in [1.54, 1.807) is 12.1 Å². The van der Waals surface area contributed by atoms with Crippen molar-refractivity contribution in [1.29, 1.82) is 5.26 Å². The van der Waals surface area contributed by atoms with Gasteiger partial charge in [-0.25, -0.2) is 4.98 Å². The molecular weight excluding hydrogens is 192 g/mol. The van der Waals surface area contributed by atoms with Crippen LogP contribution >= 0.6 is 0 Å². The number of carbonyl (C=O) groups excluding carboxylic acids is 1. The highest BCUT2D eigenvalue weighted by Gasteiger charge is 1.94. The van der Waals surface area contributed by atoms with Crippen molar-refractivity contribution in [2.75, 3.05) is 7.11 Å². The standard InChI is InChI=1S/C11H8N2O2/c1-15-11(14)4-2-3-9-5-6-10(7-12)13-8-9/h5-6,8H,4H2,1H3. The molecule has 0 spiro atoms. The predicted molar refractivity (Wildman–Crippen MR) is 52.5 cm³/mol. The van der Waals surface area contributed by atoms with E-state index >= 15 is 0 Å². The molecule has 1 heterocycles. The Kier molecular flexibility index (Phi) is 3.88. The van der Waals surface area contributed by atoms with Gasteiger partial charge in [0, 0.05) is 11.8 Å². The Bertz CT molecular complexity index is 446. The maximum atomic E-state index is 10.7. The number of esters is 1. The first kappa shape index (κ1) is 10.7. The third-order valence-corrected chi connectivity index (χ3v) is 1.57. The fourth-order valence-electron chi connectivity index (χ4n) is 0.825. The molecule has 0 bridgehead atoms. The molecule has 0 saturated carbocycles. The molecule has 0 fully saturated rings. The monoisotopic (exact) mass is 200 g/mol. The first-order chi connectivity index (χ1) is 7.26. The third-order valence-electron chi connectivity index (χ3n) is 1.57. The second-order valence-electron chi connectivity index (χ2n) is 2.60. The Morgan fingerprint density at radius 3 is 2.93 bits per heavy atom. The fraction of sp³-hybridized carbons (Fsp3) is 0.182. The van der Waals surface area contributed by atoms with Gasteiger partial charge in [-0.2, -0.15) is 5.26 Å². The van der Waals surface area contributed by atoms with E-state index in [0.29, 0.717) is 11.3 Å². The van der Waals surface area contributed by atoms with Crippen LogP contribution in [-0.2, 0) is 9.53 Å².